The number of ether oxygens (including phenoxy) is 1. The maximum Gasteiger partial charge on any atom is 0.240 e. The zero-order valence-corrected chi connectivity index (χ0v) is 19.7. The quantitative estimate of drug-likeness (QED) is 0.638. The van der Waals surface area contributed by atoms with Crippen molar-refractivity contribution in [3.63, 3.8) is 0 Å². The minimum absolute atomic E-state index is 0.0256. The number of anilines is 1. The maximum atomic E-state index is 12.9. The van der Waals surface area contributed by atoms with Crippen LogP contribution in [-0.4, -0.2) is 78.7 Å². The van der Waals surface area contributed by atoms with Gasteiger partial charge in [0, 0.05) is 58.5 Å². The highest BCUT2D eigenvalue weighted by molar-refractivity contribution is 7.89. The van der Waals surface area contributed by atoms with Gasteiger partial charge in [0.05, 0.1) is 11.5 Å². The van der Waals surface area contributed by atoms with Crippen LogP contribution >= 0.6 is 0 Å². The Balaban J connectivity index is 1.77. The highest BCUT2D eigenvalue weighted by Gasteiger charge is 2.26. The first-order valence-electron chi connectivity index (χ1n) is 10.7. The Morgan fingerprint density at radius 2 is 1.61 bits per heavy atom. The number of nitrogens with one attached hydrogen (secondary N) is 1. The number of hydrogen-bond donors (Lipinski definition) is 1. The fourth-order valence-electron chi connectivity index (χ4n) is 3.74. The van der Waals surface area contributed by atoms with Gasteiger partial charge in [0.1, 0.15) is 5.75 Å². The third-order valence-corrected chi connectivity index (χ3v) is 7.12. The third kappa shape index (κ3) is 6.20. The van der Waals surface area contributed by atoms with E-state index in [2.05, 4.69) is 50.7 Å². The van der Waals surface area contributed by atoms with E-state index in [1.807, 2.05) is 21.0 Å². The molecule has 0 aromatic heterocycles. The first-order valence-corrected chi connectivity index (χ1v) is 12.2. The molecule has 1 heterocycles. The number of piperazine rings is 1. The van der Waals surface area contributed by atoms with Gasteiger partial charge in [-0.25, -0.2) is 13.1 Å². The molecule has 1 saturated heterocycles. The van der Waals surface area contributed by atoms with Gasteiger partial charge in [-0.3, -0.25) is 4.90 Å². The molecule has 7 nitrogen and oxygen atoms in total. The van der Waals surface area contributed by atoms with Crippen molar-refractivity contribution in [3.8, 4) is 5.75 Å². The lowest BCUT2D eigenvalue weighted by molar-refractivity contribution is 0.113. The predicted octanol–water partition coefficient (Wildman–Crippen LogP) is 2.42. The molecule has 0 amide bonds. The summed E-state index contributed by atoms with van der Waals surface area (Å²) in [6.07, 6.45) is 0. The molecule has 1 aliphatic heterocycles. The van der Waals surface area contributed by atoms with Gasteiger partial charge < -0.3 is 14.5 Å². The van der Waals surface area contributed by atoms with E-state index in [1.54, 1.807) is 24.3 Å². The minimum Gasteiger partial charge on any atom is -0.494 e. The standard InChI is InChI=1S/C23H34N4O3S/c1-5-30-21-10-12-22(13-11-21)31(28,29)24-18-23(27-16-14-26(4)15-17-27)19-6-8-20(9-7-19)25(2)3/h6-13,23-24H,5,14-18H2,1-4H3/t23-/m0/s1. The number of nitrogens with zero attached hydrogens (tertiary/aromatic N) is 3. The molecular formula is C23H34N4O3S. The van der Waals surface area contributed by atoms with Crippen molar-refractivity contribution in [3.05, 3.63) is 54.1 Å². The summed E-state index contributed by atoms with van der Waals surface area (Å²) in [6, 6.07) is 14.9. The molecule has 31 heavy (non-hydrogen) atoms. The Morgan fingerprint density at radius 3 is 2.16 bits per heavy atom. The van der Waals surface area contributed by atoms with E-state index in [-0.39, 0.29) is 10.9 Å². The minimum atomic E-state index is -3.62. The number of likely N-dealkylation sites (N-methyl/N-ethyl adjacent to an activating group) is 1. The van der Waals surface area contributed by atoms with Gasteiger partial charge in [-0.1, -0.05) is 12.1 Å². The number of rotatable bonds is 9. The van der Waals surface area contributed by atoms with Gasteiger partial charge in [0.25, 0.3) is 0 Å². The Labute approximate surface area is 186 Å². The molecule has 1 aliphatic rings. The highest BCUT2D eigenvalue weighted by atomic mass is 32.2. The highest BCUT2D eigenvalue weighted by Crippen LogP contribution is 2.25. The second kappa shape index (κ2) is 10.5. The van der Waals surface area contributed by atoms with Gasteiger partial charge >= 0.3 is 0 Å². The first-order chi connectivity index (χ1) is 14.8. The van der Waals surface area contributed by atoms with E-state index in [1.165, 1.54) is 0 Å². The average molecular weight is 447 g/mol. The van der Waals surface area contributed by atoms with Crippen LogP contribution in [0.3, 0.4) is 0 Å². The Morgan fingerprint density at radius 1 is 1.00 bits per heavy atom. The van der Waals surface area contributed by atoms with Crippen LogP contribution in [0.5, 0.6) is 5.75 Å². The summed E-state index contributed by atoms with van der Waals surface area (Å²) in [6.45, 7) is 6.51. The SMILES string of the molecule is CCOc1ccc(S(=O)(=O)NC[C@@H](c2ccc(N(C)C)cc2)N2CCN(C)CC2)cc1. The zero-order chi connectivity index (χ0) is 22.4. The van der Waals surface area contributed by atoms with Crippen LogP contribution in [0.25, 0.3) is 0 Å². The Hall–Kier alpha value is -2.13. The second-order valence-corrected chi connectivity index (χ2v) is 9.86. The van der Waals surface area contributed by atoms with E-state index in [0.29, 0.717) is 18.9 Å². The van der Waals surface area contributed by atoms with Crippen LogP contribution in [0.2, 0.25) is 0 Å². The summed E-state index contributed by atoms with van der Waals surface area (Å²) in [4.78, 5) is 6.97. The fraction of sp³-hybridized carbons (Fsp3) is 0.478. The first kappa shape index (κ1) is 23.5. The molecule has 2 aromatic carbocycles. The molecule has 0 radical (unpaired) electrons. The van der Waals surface area contributed by atoms with E-state index in [4.69, 9.17) is 4.74 Å². The van der Waals surface area contributed by atoms with Crippen LogP contribution < -0.4 is 14.4 Å². The summed E-state index contributed by atoms with van der Waals surface area (Å²) in [7, 11) is 2.52. The van der Waals surface area contributed by atoms with Crippen molar-refractivity contribution in [1.82, 2.24) is 14.5 Å². The molecule has 8 heteroatoms. The Bertz CT molecular complexity index is 922. The molecule has 1 atom stereocenters. The summed E-state index contributed by atoms with van der Waals surface area (Å²) in [5.41, 5.74) is 2.24. The van der Waals surface area contributed by atoms with Gasteiger partial charge in [-0.15, -0.1) is 0 Å². The molecule has 0 aliphatic carbocycles. The van der Waals surface area contributed by atoms with Crippen LogP contribution in [0.4, 0.5) is 5.69 Å². The molecule has 3 rings (SSSR count). The van der Waals surface area contributed by atoms with Gasteiger partial charge in [0.2, 0.25) is 10.0 Å². The fourth-order valence-corrected chi connectivity index (χ4v) is 4.78. The van der Waals surface area contributed by atoms with Crippen molar-refractivity contribution in [1.29, 1.82) is 0 Å². The molecule has 0 unspecified atom stereocenters. The average Bonchev–Trinajstić information content (AvgIpc) is 2.76. The van der Waals surface area contributed by atoms with Gasteiger partial charge in [-0.05, 0) is 55.9 Å². The summed E-state index contributed by atoms with van der Waals surface area (Å²) in [5, 5.41) is 0. The zero-order valence-electron chi connectivity index (χ0n) is 18.9. The normalized spacial score (nSPS) is 16.8. The molecule has 0 bridgehead atoms. The molecule has 1 fully saturated rings. The lowest BCUT2D eigenvalue weighted by Crippen LogP contribution is -2.48. The molecule has 0 saturated carbocycles. The molecule has 2 aromatic rings. The van der Waals surface area contributed by atoms with Crippen molar-refractivity contribution in [2.75, 3.05) is 65.4 Å². The van der Waals surface area contributed by atoms with Gasteiger partial charge in [0.15, 0.2) is 0 Å². The van der Waals surface area contributed by atoms with Crippen LogP contribution in [0.15, 0.2) is 53.4 Å². The second-order valence-electron chi connectivity index (χ2n) is 8.10. The van der Waals surface area contributed by atoms with Crippen molar-refractivity contribution in [2.45, 2.75) is 17.9 Å². The van der Waals surface area contributed by atoms with E-state index >= 15 is 0 Å². The summed E-state index contributed by atoms with van der Waals surface area (Å²) >= 11 is 0. The van der Waals surface area contributed by atoms with E-state index in [0.717, 1.165) is 37.4 Å². The Kier molecular flexibility index (Phi) is 7.94. The van der Waals surface area contributed by atoms with E-state index in [9.17, 15) is 8.42 Å². The lowest BCUT2D eigenvalue weighted by Gasteiger charge is -2.38. The monoisotopic (exact) mass is 446 g/mol. The molecule has 0 spiro atoms. The summed E-state index contributed by atoms with van der Waals surface area (Å²) in [5.74, 6) is 0.665. The van der Waals surface area contributed by atoms with E-state index < -0.39 is 10.0 Å². The van der Waals surface area contributed by atoms with Crippen molar-refractivity contribution >= 4 is 15.7 Å². The third-order valence-electron chi connectivity index (χ3n) is 5.68. The largest absolute Gasteiger partial charge is 0.494 e. The van der Waals surface area contributed by atoms with Gasteiger partial charge in [-0.2, -0.15) is 0 Å². The van der Waals surface area contributed by atoms with Crippen LogP contribution in [0, 0.1) is 0 Å². The maximum absolute atomic E-state index is 12.9. The molecule has 170 valence electrons. The summed E-state index contributed by atoms with van der Waals surface area (Å²) < 4.78 is 34.1. The number of hydrogen-bond acceptors (Lipinski definition) is 6. The van der Waals surface area contributed by atoms with Crippen LogP contribution in [-0.2, 0) is 10.0 Å². The topological polar surface area (TPSA) is 65.1 Å². The number of sulfonamides is 1. The smallest absolute Gasteiger partial charge is 0.240 e. The predicted molar refractivity (Wildman–Crippen MR) is 125 cm³/mol. The van der Waals surface area contributed by atoms with Crippen LogP contribution in [0.1, 0.15) is 18.5 Å². The van der Waals surface area contributed by atoms with Crippen molar-refractivity contribution < 1.29 is 13.2 Å². The molecule has 1 N–H and O–H groups in total. The lowest BCUT2D eigenvalue weighted by atomic mass is 10.0. The van der Waals surface area contributed by atoms with Crippen molar-refractivity contribution in [2.24, 2.45) is 0 Å². The number of benzene rings is 2. The molecular weight excluding hydrogens is 412 g/mol.